The largest absolute Gasteiger partial charge is 0.355 e. The lowest BCUT2D eigenvalue weighted by Crippen LogP contribution is -2.40. The summed E-state index contributed by atoms with van der Waals surface area (Å²) < 4.78 is 2.07. The monoisotopic (exact) mass is 518 g/mol. The number of carbonyl (C=O) groups excluding carboxylic acids is 1. The molecule has 5 rings (SSSR count). The summed E-state index contributed by atoms with van der Waals surface area (Å²) in [5.74, 6) is 1.45. The zero-order valence-electron chi connectivity index (χ0n) is 21.0. The molecule has 0 saturated carbocycles. The van der Waals surface area contributed by atoms with Crippen molar-refractivity contribution in [1.29, 1.82) is 0 Å². The summed E-state index contributed by atoms with van der Waals surface area (Å²) in [4.78, 5) is 36.7. The van der Waals surface area contributed by atoms with Crippen LogP contribution in [0.4, 0.5) is 5.82 Å². The minimum atomic E-state index is -0.202. The lowest BCUT2D eigenvalue weighted by Gasteiger charge is -2.36. The number of nitrogens with zero attached hydrogens (tertiary/aromatic N) is 4. The first-order valence-corrected chi connectivity index (χ1v) is 13.6. The second-order valence-electron chi connectivity index (χ2n) is 10.0. The third-order valence-corrected chi connectivity index (χ3v) is 8.33. The van der Waals surface area contributed by atoms with Gasteiger partial charge in [-0.05, 0) is 55.4 Å². The average molecular weight is 519 g/mol. The smallest absolute Gasteiger partial charge is 0.267 e. The number of amides is 1. The van der Waals surface area contributed by atoms with Crippen LogP contribution in [-0.4, -0.2) is 37.6 Å². The highest BCUT2D eigenvalue weighted by Crippen LogP contribution is 2.39. The molecule has 2 aromatic heterocycles. The summed E-state index contributed by atoms with van der Waals surface area (Å²) in [5.41, 5.74) is 2.85. The van der Waals surface area contributed by atoms with Gasteiger partial charge in [-0.2, -0.15) is 0 Å². The van der Waals surface area contributed by atoms with Crippen LogP contribution >= 0.6 is 24.0 Å². The molecule has 4 heterocycles. The maximum Gasteiger partial charge on any atom is 0.267 e. The van der Waals surface area contributed by atoms with Crippen molar-refractivity contribution in [3.8, 4) is 0 Å². The molecule has 3 atom stereocenters. The maximum absolute atomic E-state index is 13.8. The van der Waals surface area contributed by atoms with Gasteiger partial charge in [0.1, 0.15) is 15.8 Å². The fourth-order valence-electron chi connectivity index (χ4n) is 5.33. The van der Waals surface area contributed by atoms with Gasteiger partial charge < -0.3 is 4.90 Å². The van der Waals surface area contributed by atoms with Gasteiger partial charge in [0.25, 0.3) is 11.5 Å². The molecule has 186 valence electrons. The van der Waals surface area contributed by atoms with Crippen molar-refractivity contribution in [1.82, 2.24) is 14.3 Å². The van der Waals surface area contributed by atoms with Crippen LogP contribution in [0.15, 0.2) is 58.4 Å². The second kappa shape index (κ2) is 9.82. The van der Waals surface area contributed by atoms with Gasteiger partial charge in [0.2, 0.25) is 0 Å². The molecule has 2 saturated heterocycles. The van der Waals surface area contributed by atoms with Crippen molar-refractivity contribution in [3.63, 3.8) is 0 Å². The molecule has 2 aliphatic rings. The molecule has 2 aliphatic heterocycles. The minimum absolute atomic E-state index is 0.175. The van der Waals surface area contributed by atoms with Crippen LogP contribution in [0.5, 0.6) is 0 Å². The third kappa shape index (κ3) is 4.48. The van der Waals surface area contributed by atoms with Crippen molar-refractivity contribution in [2.24, 2.45) is 11.8 Å². The topological polar surface area (TPSA) is 57.9 Å². The summed E-state index contributed by atoms with van der Waals surface area (Å²) in [5, 5.41) is 0. The van der Waals surface area contributed by atoms with E-state index in [1.54, 1.807) is 21.6 Å². The number of rotatable bonds is 4. The van der Waals surface area contributed by atoms with Crippen LogP contribution in [0.3, 0.4) is 0 Å². The molecule has 1 aromatic carbocycles. The average Bonchev–Trinajstić information content (AvgIpc) is 3.13. The Morgan fingerprint density at radius 1 is 1.08 bits per heavy atom. The van der Waals surface area contributed by atoms with Crippen LogP contribution in [0, 0.1) is 18.8 Å². The summed E-state index contributed by atoms with van der Waals surface area (Å²) in [6.45, 7) is 10.1. The van der Waals surface area contributed by atoms with Gasteiger partial charge in [0.05, 0.1) is 16.5 Å². The molecular weight excluding hydrogens is 488 g/mol. The van der Waals surface area contributed by atoms with E-state index in [2.05, 4.69) is 18.7 Å². The zero-order valence-corrected chi connectivity index (χ0v) is 22.6. The molecule has 3 aromatic rings. The van der Waals surface area contributed by atoms with Crippen LogP contribution < -0.4 is 10.5 Å². The molecular formula is C28H30N4O2S2. The first-order chi connectivity index (χ1) is 17.2. The summed E-state index contributed by atoms with van der Waals surface area (Å²) >= 11 is 6.87. The molecule has 8 heteroatoms. The lowest BCUT2D eigenvalue weighted by molar-refractivity contribution is -0.123. The van der Waals surface area contributed by atoms with Gasteiger partial charge in [-0.25, -0.2) is 4.98 Å². The Kier molecular flexibility index (Phi) is 6.74. The van der Waals surface area contributed by atoms with Gasteiger partial charge in [-0.3, -0.25) is 18.9 Å². The number of benzene rings is 1. The number of hydrogen-bond donors (Lipinski definition) is 0. The fraction of sp³-hybridized carbons (Fsp3) is 0.357. The lowest BCUT2D eigenvalue weighted by atomic mass is 9.91. The highest BCUT2D eigenvalue weighted by molar-refractivity contribution is 8.26. The number of anilines is 1. The van der Waals surface area contributed by atoms with Gasteiger partial charge in [-0.15, -0.1) is 0 Å². The number of piperidine rings is 1. The van der Waals surface area contributed by atoms with Crippen molar-refractivity contribution >= 4 is 51.7 Å². The molecule has 0 spiro atoms. The summed E-state index contributed by atoms with van der Waals surface area (Å²) in [7, 11) is 0. The van der Waals surface area contributed by atoms with E-state index in [0.717, 1.165) is 30.6 Å². The summed E-state index contributed by atoms with van der Waals surface area (Å²) in [6, 6.07) is 13.4. The first kappa shape index (κ1) is 24.7. The number of aryl methyl sites for hydroxylation is 1. The number of thioether (sulfide) groups is 1. The number of carbonyl (C=O) groups is 1. The predicted octanol–water partition coefficient (Wildman–Crippen LogP) is 5.45. The summed E-state index contributed by atoms with van der Waals surface area (Å²) in [6.07, 6.45) is 4.59. The van der Waals surface area contributed by atoms with E-state index in [1.165, 1.54) is 11.8 Å². The van der Waals surface area contributed by atoms with Crippen molar-refractivity contribution in [2.75, 3.05) is 18.0 Å². The Morgan fingerprint density at radius 3 is 2.47 bits per heavy atom. The Labute approximate surface area is 221 Å². The second-order valence-corrected chi connectivity index (χ2v) is 11.7. The van der Waals surface area contributed by atoms with Crippen LogP contribution in [0.25, 0.3) is 11.7 Å². The zero-order chi connectivity index (χ0) is 25.6. The van der Waals surface area contributed by atoms with E-state index in [4.69, 9.17) is 17.2 Å². The van der Waals surface area contributed by atoms with Gasteiger partial charge in [0.15, 0.2) is 0 Å². The van der Waals surface area contributed by atoms with Crippen LogP contribution in [0.1, 0.15) is 49.9 Å². The van der Waals surface area contributed by atoms with Crippen molar-refractivity contribution in [2.45, 2.75) is 40.2 Å². The van der Waals surface area contributed by atoms with Crippen molar-refractivity contribution in [3.05, 3.63) is 80.6 Å². The Bertz CT molecular complexity index is 1420. The molecule has 2 fully saturated rings. The first-order valence-electron chi connectivity index (χ1n) is 12.3. The molecule has 0 bridgehead atoms. The van der Waals surface area contributed by atoms with Crippen LogP contribution in [-0.2, 0) is 4.79 Å². The van der Waals surface area contributed by atoms with E-state index in [9.17, 15) is 9.59 Å². The van der Waals surface area contributed by atoms with E-state index < -0.39 is 0 Å². The van der Waals surface area contributed by atoms with Gasteiger partial charge >= 0.3 is 0 Å². The molecule has 0 N–H and O–H groups in total. The third-order valence-electron chi connectivity index (χ3n) is 7.00. The fourth-order valence-corrected chi connectivity index (χ4v) is 6.73. The molecule has 6 nitrogen and oxygen atoms in total. The van der Waals surface area contributed by atoms with Crippen molar-refractivity contribution < 1.29 is 4.79 Å². The Hall–Kier alpha value is -2.97. The molecule has 1 amide bonds. The Morgan fingerprint density at radius 2 is 1.78 bits per heavy atom. The minimum Gasteiger partial charge on any atom is -0.355 e. The number of fused-ring (bicyclic) bond motifs is 1. The van der Waals surface area contributed by atoms with E-state index in [0.29, 0.717) is 38.1 Å². The van der Waals surface area contributed by atoms with E-state index in [1.807, 2.05) is 56.3 Å². The number of aromatic nitrogens is 2. The predicted molar refractivity (Wildman–Crippen MR) is 151 cm³/mol. The standard InChI is InChI=1S/C28H30N4O2S2/c1-17-13-18(2)16-30(15-17)25-22(26(33)31-12-8-9-19(3)24(31)29-25)14-23-27(34)32(28(35)36-23)20(4)21-10-6-5-7-11-21/h5-12,14,17-18,20H,13,15-16H2,1-4H3/b23-14-/t17-,18+,20-/m0/s1. The highest BCUT2D eigenvalue weighted by Gasteiger charge is 2.37. The van der Waals surface area contributed by atoms with Crippen LogP contribution in [0.2, 0.25) is 0 Å². The maximum atomic E-state index is 13.8. The van der Waals surface area contributed by atoms with Gasteiger partial charge in [0, 0.05) is 19.3 Å². The quantitative estimate of drug-likeness (QED) is 0.338. The molecule has 36 heavy (non-hydrogen) atoms. The normalized spacial score (nSPS) is 22.6. The molecule has 0 unspecified atom stereocenters. The van der Waals surface area contributed by atoms with E-state index >= 15 is 0 Å². The molecule has 0 radical (unpaired) electrons. The van der Waals surface area contributed by atoms with Gasteiger partial charge in [-0.1, -0.05) is 74.2 Å². The number of pyridine rings is 1. The molecule has 0 aliphatic carbocycles. The van der Waals surface area contributed by atoms with E-state index in [-0.39, 0.29) is 17.5 Å². The highest BCUT2D eigenvalue weighted by atomic mass is 32.2. The number of hydrogen-bond acceptors (Lipinski definition) is 6. The Balaban J connectivity index is 1.62. The SMILES string of the molecule is Cc1cccn2c(=O)c(/C=C3\SC(=S)N([C@@H](C)c4ccccc4)C3=O)c(N3C[C@H](C)C[C@H](C)C3)nc12. The number of thiocarbonyl (C=S) groups is 1.